The molecule has 4 rings (SSSR count). The van der Waals surface area contributed by atoms with Gasteiger partial charge in [0.05, 0.1) is 17.5 Å². The zero-order chi connectivity index (χ0) is 19.8. The zero-order valence-corrected chi connectivity index (χ0v) is 15.6. The molecule has 0 spiro atoms. The number of halogens is 1. The summed E-state index contributed by atoms with van der Waals surface area (Å²) in [7, 11) is 1.59. The average Bonchev–Trinajstić information content (AvgIpc) is 3.07. The van der Waals surface area contributed by atoms with E-state index in [4.69, 9.17) is 16.3 Å². The number of methoxy groups -OCH3 is 1. The van der Waals surface area contributed by atoms with E-state index in [-0.39, 0.29) is 16.3 Å². The predicted molar refractivity (Wildman–Crippen MR) is 105 cm³/mol. The van der Waals surface area contributed by atoms with Crippen molar-refractivity contribution in [3.8, 4) is 5.75 Å². The van der Waals surface area contributed by atoms with Gasteiger partial charge >= 0.3 is 0 Å². The van der Waals surface area contributed by atoms with Gasteiger partial charge in [-0.1, -0.05) is 11.6 Å². The van der Waals surface area contributed by atoms with Crippen LogP contribution in [0.1, 0.15) is 15.9 Å². The van der Waals surface area contributed by atoms with Gasteiger partial charge in [-0.3, -0.25) is 25.3 Å². The van der Waals surface area contributed by atoms with Crippen molar-refractivity contribution in [2.75, 3.05) is 18.7 Å². The van der Waals surface area contributed by atoms with Gasteiger partial charge in [-0.25, -0.2) is 4.98 Å². The smallest absolute Gasteiger partial charge is 0.288 e. The molecule has 0 radical (unpaired) electrons. The Morgan fingerprint density at radius 3 is 2.86 bits per heavy atom. The van der Waals surface area contributed by atoms with Crippen molar-refractivity contribution in [2.24, 2.45) is 0 Å². The van der Waals surface area contributed by atoms with Crippen LogP contribution in [0.3, 0.4) is 0 Å². The minimum Gasteiger partial charge on any atom is -0.497 e. The van der Waals surface area contributed by atoms with E-state index in [2.05, 4.69) is 10.4 Å². The van der Waals surface area contributed by atoms with Crippen molar-refractivity contribution in [1.29, 1.82) is 0 Å². The molecule has 142 valence electrons. The van der Waals surface area contributed by atoms with Crippen molar-refractivity contribution in [3.05, 3.63) is 68.7 Å². The van der Waals surface area contributed by atoms with Crippen LogP contribution in [0.5, 0.6) is 5.75 Å². The Kier molecular flexibility index (Phi) is 4.48. The number of aromatic nitrogens is 1. The molecule has 1 amide bonds. The second-order valence-electron chi connectivity index (χ2n) is 6.30. The number of benzene rings is 2. The number of nitrogens with one attached hydrogen (secondary N) is 1. The van der Waals surface area contributed by atoms with Crippen LogP contribution in [-0.2, 0) is 6.42 Å². The molecular formula is C19H15ClN4O4. The lowest BCUT2D eigenvalue weighted by molar-refractivity contribution is -0.384. The Bertz CT molecular complexity index is 1120. The number of rotatable bonds is 4. The first kappa shape index (κ1) is 18.0. The van der Waals surface area contributed by atoms with Gasteiger partial charge in [-0.2, -0.15) is 0 Å². The van der Waals surface area contributed by atoms with Crippen LogP contribution in [0, 0.1) is 10.1 Å². The highest BCUT2D eigenvalue weighted by Gasteiger charge is 2.24. The molecular weight excluding hydrogens is 384 g/mol. The highest BCUT2D eigenvalue weighted by atomic mass is 35.5. The van der Waals surface area contributed by atoms with Crippen LogP contribution in [0.2, 0.25) is 5.02 Å². The van der Waals surface area contributed by atoms with Crippen LogP contribution in [0.4, 0.5) is 11.5 Å². The third-order valence-corrected chi connectivity index (χ3v) is 4.90. The number of hydrogen-bond acceptors (Lipinski definition) is 6. The number of fused-ring (bicyclic) bond motifs is 2. The molecule has 1 aliphatic heterocycles. The third kappa shape index (κ3) is 3.18. The van der Waals surface area contributed by atoms with Gasteiger partial charge in [0.2, 0.25) is 0 Å². The van der Waals surface area contributed by atoms with E-state index in [1.54, 1.807) is 12.1 Å². The first-order valence-corrected chi connectivity index (χ1v) is 8.84. The molecule has 0 saturated heterocycles. The number of nitro benzene ring substituents is 1. The molecule has 28 heavy (non-hydrogen) atoms. The second-order valence-corrected chi connectivity index (χ2v) is 6.70. The number of hydrogen-bond donors (Lipinski definition) is 1. The van der Waals surface area contributed by atoms with Gasteiger partial charge in [-0.05, 0) is 42.3 Å². The minimum atomic E-state index is -0.620. The first-order chi connectivity index (χ1) is 13.5. The lowest BCUT2D eigenvalue weighted by Gasteiger charge is -2.19. The number of pyridine rings is 1. The Morgan fingerprint density at radius 1 is 1.29 bits per heavy atom. The Labute approximate surface area is 164 Å². The van der Waals surface area contributed by atoms with E-state index in [1.165, 1.54) is 12.1 Å². The normalized spacial score (nSPS) is 12.7. The van der Waals surface area contributed by atoms with Crippen LogP contribution in [0.15, 0.2) is 42.5 Å². The number of hydrazine groups is 1. The molecule has 0 fully saturated rings. The molecule has 2 aromatic carbocycles. The van der Waals surface area contributed by atoms with E-state index in [1.807, 2.05) is 24.3 Å². The molecule has 3 aromatic rings. The highest BCUT2D eigenvalue weighted by molar-refractivity contribution is 6.32. The molecule has 1 N–H and O–H groups in total. The SMILES string of the molecule is COc1ccc2cc3c(nc2c1)N(NC(=O)c1ccc(Cl)c([N+](=O)[O-])c1)CC3. The minimum absolute atomic E-state index is 0.0184. The Balaban J connectivity index is 1.62. The summed E-state index contributed by atoms with van der Waals surface area (Å²) >= 11 is 5.81. The summed E-state index contributed by atoms with van der Waals surface area (Å²) < 4.78 is 5.24. The Hall–Kier alpha value is -3.39. The van der Waals surface area contributed by atoms with Crippen LogP contribution in [-0.4, -0.2) is 29.5 Å². The van der Waals surface area contributed by atoms with Gasteiger partial charge in [0.25, 0.3) is 11.6 Å². The number of carbonyl (C=O) groups is 1. The number of nitro groups is 1. The zero-order valence-electron chi connectivity index (χ0n) is 14.8. The maximum atomic E-state index is 12.6. The molecule has 8 nitrogen and oxygen atoms in total. The van der Waals surface area contributed by atoms with Crippen molar-refractivity contribution >= 4 is 39.9 Å². The number of carbonyl (C=O) groups excluding carboxylic acids is 1. The van der Waals surface area contributed by atoms with Crippen LogP contribution < -0.4 is 15.2 Å². The van der Waals surface area contributed by atoms with Crippen molar-refractivity contribution in [3.63, 3.8) is 0 Å². The maximum absolute atomic E-state index is 12.6. The molecule has 0 bridgehead atoms. The topological polar surface area (TPSA) is 97.6 Å². The summed E-state index contributed by atoms with van der Waals surface area (Å²) in [5.74, 6) is 0.875. The first-order valence-electron chi connectivity index (χ1n) is 8.46. The van der Waals surface area contributed by atoms with Crippen molar-refractivity contribution in [2.45, 2.75) is 6.42 Å². The van der Waals surface area contributed by atoms with E-state index in [9.17, 15) is 14.9 Å². The lowest BCUT2D eigenvalue weighted by atomic mass is 10.1. The van der Waals surface area contributed by atoms with Gasteiger partial charge in [0.1, 0.15) is 10.8 Å². The average molecular weight is 399 g/mol. The van der Waals surface area contributed by atoms with Gasteiger partial charge in [0, 0.05) is 29.6 Å². The number of amides is 1. The van der Waals surface area contributed by atoms with Crippen LogP contribution >= 0.6 is 11.6 Å². The molecule has 0 unspecified atom stereocenters. The summed E-state index contributed by atoms with van der Waals surface area (Å²) in [6, 6.07) is 11.6. The highest BCUT2D eigenvalue weighted by Crippen LogP contribution is 2.30. The Morgan fingerprint density at radius 2 is 2.11 bits per heavy atom. The third-order valence-electron chi connectivity index (χ3n) is 4.58. The van der Waals surface area contributed by atoms with E-state index < -0.39 is 10.8 Å². The van der Waals surface area contributed by atoms with Gasteiger partial charge < -0.3 is 4.74 Å². The number of nitrogens with zero attached hydrogens (tertiary/aromatic N) is 3. The molecule has 0 saturated carbocycles. The predicted octanol–water partition coefficient (Wildman–Crippen LogP) is 3.51. The number of ether oxygens (including phenoxy) is 1. The van der Waals surface area contributed by atoms with E-state index in [0.29, 0.717) is 18.1 Å². The number of anilines is 1. The van der Waals surface area contributed by atoms with Crippen molar-refractivity contribution < 1.29 is 14.5 Å². The molecule has 2 heterocycles. The van der Waals surface area contributed by atoms with Crippen molar-refractivity contribution in [1.82, 2.24) is 10.4 Å². The summed E-state index contributed by atoms with van der Waals surface area (Å²) in [4.78, 5) is 27.7. The molecule has 0 atom stereocenters. The standard InChI is InChI=1S/C19H15ClN4O4/c1-28-14-4-2-11-8-12-6-7-23(18(12)21-16(11)10-14)22-19(25)13-3-5-15(20)17(9-13)24(26)27/h2-5,8-10H,6-7H2,1H3,(H,22,25). The fourth-order valence-corrected chi connectivity index (χ4v) is 3.34. The summed E-state index contributed by atoms with van der Waals surface area (Å²) in [6.07, 6.45) is 0.728. The molecule has 9 heteroatoms. The summed E-state index contributed by atoms with van der Waals surface area (Å²) in [6.45, 7) is 0.553. The van der Waals surface area contributed by atoms with E-state index >= 15 is 0 Å². The molecule has 1 aliphatic rings. The summed E-state index contributed by atoms with van der Waals surface area (Å²) in [5, 5.41) is 13.7. The fourth-order valence-electron chi connectivity index (χ4n) is 3.15. The lowest BCUT2D eigenvalue weighted by Crippen LogP contribution is -2.41. The van der Waals surface area contributed by atoms with Crippen LogP contribution in [0.25, 0.3) is 10.9 Å². The van der Waals surface area contributed by atoms with Gasteiger partial charge in [-0.15, -0.1) is 0 Å². The molecule has 0 aliphatic carbocycles. The quantitative estimate of drug-likeness (QED) is 0.533. The van der Waals surface area contributed by atoms with E-state index in [0.717, 1.165) is 29.0 Å². The largest absolute Gasteiger partial charge is 0.497 e. The maximum Gasteiger partial charge on any atom is 0.288 e. The fraction of sp³-hybridized carbons (Fsp3) is 0.158. The molecule has 1 aromatic heterocycles. The second kappa shape index (κ2) is 6.97. The van der Waals surface area contributed by atoms with Gasteiger partial charge in [0.15, 0.2) is 5.82 Å². The summed E-state index contributed by atoms with van der Waals surface area (Å²) in [5.41, 5.74) is 4.36. The monoisotopic (exact) mass is 398 g/mol.